The molecular weight excluding hydrogens is 424 g/mol. The van der Waals surface area contributed by atoms with Crippen LogP contribution < -0.4 is 9.47 Å². The zero-order chi connectivity index (χ0) is 21.8. The molecule has 1 fully saturated rings. The van der Waals surface area contributed by atoms with Gasteiger partial charge in [-0.2, -0.15) is 0 Å². The minimum Gasteiger partial charge on any atom is -0.489 e. The Morgan fingerprint density at radius 3 is 2.97 bits per heavy atom. The van der Waals surface area contributed by atoms with E-state index in [0.29, 0.717) is 38.7 Å². The van der Waals surface area contributed by atoms with Crippen LogP contribution in [0.15, 0.2) is 54.2 Å². The van der Waals surface area contributed by atoms with Crippen LogP contribution in [0.25, 0.3) is 11.1 Å². The second kappa shape index (κ2) is 9.71. The fraction of sp³-hybridized carbons (Fsp3) is 0.360. The van der Waals surface area contributed by atoms with Crippen molar-refractivity contribution < 1.29 is 19.0 Å². The van der Waals surface area contributed by atoms with E-state index < -0.39 is 0 Å². The average Bonchev–Trinajstić information content (AvgIpc) is 3.50. The van der Waals surface area contributed by atoms with Crippen LogP contribution in [-0.2, 0) is 22.5 Å². The Morgan fingerprint density at radius 2 is 2.19 bits per heavy atom. The fourth-order valence-electron chi connectivity index (χ4n) is 4.17. The van der Waals surface area contributed by atoms with Crippen molar-refractivity contribution in [3.05, 3.63) is 64.6 Å². The Bertz CT molecular complexity index is 1050. The predicted molar refractivity (Wildman–Crippen MR) is 123 cm³/mol. The summed E-state index contributed by atoms with van der Waals surface area (Å²) in [5, 5.41) is 2.08. The van der Waals surface area contributed by atoms with Crippen molar-refractivity contribution in [2.45, 2.75) is 31.9 Å². The van der Waals surface area contributed by atoms with Gasteiger partial charge in [-0.15, -0.1) is 11.3 Å². The lowest BCUT2D eigenvalue weighted by Crippen LogP contribution is -2.39. The molecule has 32 heavy (non-hydrogen) atoms. The van der Waals surface area contributed by atoms with Gasteiger partial charge in [-0.25, -0.2) is 0 Å². The summed E-state index contributed by atoms with van der Waals surface area (Å²) in [4.78, 5) is 20.4. The highest BCUT2D eigenvalue weighted by Crippen LogP contribution is 2.39. The van der Waals surface area contributed by atoms with Gasteiger partial charge in [0.25, 0.3) is 5.91 Å². The number of benzene rings is 1. The number of hydrogen-bond donors (Lipinski definition) is 0. The Balaban J connectivity index is 1.43. The summed E-state index contributed by atoms with van der Waals surface area (Å²) < 4.78 is 18.0. The van der Waals surface area contributed by atoms with E-state index in [1.165, 1.54) is 4.88 Å². The summed E-state index contributed by atoms with van der Waals surface area (Å²) >= 11 is 1.73. The van der Waals surface area contributed by atoms with Gasteiger partial charge >= 0.3 is 0 Å². The molecular formula is C25H26N2O4S. The van der Waals surface area contributed by atoms with Crippen LogP contribution >= 0.6 is 11.3 Å². The number of nitrogens with zero attached hydrogens (tertiary/aromatic N) is 2. The minimum absolute atomic E-state index is 0.0471. The van der Waals surface area contributed by atoms with Crippen molar-refractivity contribution in [3.8, 4) is 22.6 Å². The van der Waals surface area contributed by atoms with Crippen LogP contribution in [0.5, 0.6) is 11.5 Å². The Morgan fingerprint density at radius 1 is 1.22 bits per heavy atom. The number of hydrogen-bond acceptors (Lipinski definition) is 6. The van der Waals surface area contributed by atoms with E-state index in [0.717, 1.165) is 41.7 Å². The summed E-state index contributed by atoms with van der Waals surface area (Å²) in [5.74, 6) is 1.49. The summed E-state index contributed by atoms with van der Waals surface area (Å²) in [6, 6.07) is 12.2. The molecule has 0 spiro atoms. The molecule has 0 unspecified atom stereocenters. The molecule has 1 amide bonds. The summed E-state index contributed by atoms with van der Waals surface area (Å²) in [5.41, 5.74) is 2.94. The molecule has 1 aromatic carbocycles. The highest BCUT2D eigenvalue weighted by molar-refractivity contribution is 7.09. The molecule has 0 bridgehead atoms. The molecule has 166 valence electrons. The third-order valence-electron chi connectivity index (χ3n) is 5.80. The summed E-state index contributed by atoms with van der Waals surface area (Å²) in [6.45, 7) is 2.66. The fourth-order valence-corrected chi connectivity index (χ4v) is 4.86. The first-order valence-electron chi connectivity index (χ1n) is 11.0. The van der Waals surface area contributed by atoms with Crippen molar-refractivity contribution >= 4 is 17.2 Å². The maximum atomic E-state index is 13.0. The normalized spacial score (nSPS) is 18.0. The number of aromatic nitrogens is 1. The number of carbonyl (C=O) groups excluding carboxylic acids is 1. The number of pyridine rings is 1. The SMILES string of the molecule is O=C([C@H]1CCCO1)N1CCOc2c(cc(-c3cccnc3)cc2OCCc2cccs2)C1. The molecule has 4 heterocycles. The largest absolute Gasteiger partial charge is 0.489 e. The lowest BCUT2D eigenvalue weighted by atomic mass is 10.0. The Labute approximate surface area is 191 Å². The van der Waals surface area contributed by atoms with Crippen molar-refractivity contribution in [2.24, 2.45) is 0 Å². The predicted octanol–water partition coefficient (Wildman–Crippen LogP) is 4.33. The van der Waals surface area contributed by atoms with E-state index in [1.807, 2.05) is 29.3 Å². The Kier molecular flexibility index (Phi) is 6.36. The van der Waals surface area contributed by atoms with Gasteiger partial charge in [0.1, 0.15) is 12.7 Å². The monoisotopic (exact) mass is 450 g/mol. The highest BCUT2D eigenvalue weighted by atomic mass is 32.1. The third-order valence-corrected chi connectivity index (χ3v) is 6.73. The van der Waals surface area contributed by atoms with E-state index in [2.05, 4.69) is 28.6 Å². The van der Waals surface area contributed by atoms with Gasteiger partial charge in [0.05, 0.1) is 13.2 Å². The number of ether oxygens (including phenoxy) is 3. The average molecular weight is 451 g/mol. The molecule has 3 aromatic rings. The summed E-state index contributed by atoms with van der Waals surface area (Å²) in [6.07, 6.45) is 5.83. The lowest BCUT2D eigenvalue weighted by molar-refractivity contribution is -0.141. The van der Waals surface area contributed by atoms with Crippen LogP contribution in [-0.4, -0.2) is 48.3 Å². The van der Waals surface area contributed by atoms with E-state index in [-0.39, 0.29) is 12.0 Å². The molecule has 1 atom stereocenters. The minimum atomic E-state index is -0.334. The van der Waals surface area contributed by atoms with Crippen LogP contribution in [0.4, 0.5) is 0 Å². The van der Waals surface area contributed by atoms with E-state index in [1.54, 1.807) is 17.5 Å². The molecule has 0 saturated carbocycles. The first-order chi connectivity index (χ1) is 15.8. The van der Waals surface area contributed by atoms with Crippen molar-refractivity contribution in [1.29, 1.82) is 0 Å². The van der Waals surface area contributed by atoms with Gasteiger partial charge in [0.2, 0.25) is 0 Å². The van der Waals surface area contributed by atoms with Crippen LogP contribution in [0.3, 0.4) is 0 Å². The van der Waals surface area contributed by atoms with Crippen molar-refractivity contribution in [3.63, 3.8) is 0 Å². The number of thiophene rings is 1. The molecule has 1 saturated heterocycles. The smallest absolute Gasteiger partial charge is 0.252 e. The quantitative estimate of drug-likeness (QED) is 0.559. The molecule has 0 N–H and O–H groups in total. The topological polar surface area (TPSA) is 60.9 Å². The maximum Gasteiger partial charge on any atom is 0.252 e. The zero-order valence-corrected chi connectivity index (χ0v) is 18.7. The van der Waals surface area contributed by atoms with Crippen molar-refractivity contribution in [1.82, 2.24) is 9.88 Å². The number of rotatable bonds is 6. The lowest BCUT2D eigenvalue weighted by Gasteiger charge is -2.23. The van der Waals surface area contributed by atoms with Gasteiger partial charge in [0, 0.05) is 48.0 Å². The van der Waals surface area contributed by atoms with E-state index >= 15 is 0 Å². The van der Waals surface area contributed by atoms with Gasteiger partial charge < -0.3 is 19.1 Å². The van der Waals surface area contributed by atoms with Gasteiger partial charge in [-0.3, -0.25) is 9.78 Å². The highest BCUT2D eigenvalue weighted by Gasteiger charge is 2.31. The van der Waals surface area contributed by atoms with E-state index in [4.69, 9.17) is 14.2 Å². The van der Waals surface area contributed by atoms with Gasteiger partial charge in [0.15, 0.2) is 11.5 Å². The van der Waals surface area contributed by atoms with Crippen LogP contribution in [0.2, 0.25) is 0 Å². The standard InChI is InChI=1S/C25H26N2O4S/c28-25(22-6-2-10-29-22)27-9-12-31-24-20(17-27)14-19(18-4-1-8-26-16-18)15-23(24)30-11-7-21-5-3-13-32-21/h1,3-5,8,13-16,22H,2,6-7,9-12,17H2/t22-/m1/s1. The number of amides is 1. The molecule has 2 aliphatic rings. The number of carbonyl (C=O) groups is 1. The second-order valence-corrected chi connectivity index (χ2v) is 9.02. The second-order valence-electron chi connectivity index (χ2n) is 7.99. The zero-order valence-electron chi connectivity index (χ0n) is 17.9. The first kappa shape index (κ1) is 21.0. The molecule has 0 aliphatic carbocycles. The van der Waals surface area contributed by atoms with Gasteiger partial charge in [-0.05, 0) is 48.1 Å². The van der Waals surface area contributed by atoms with E-state index in [9.17, 15) is 4.79 Å². The molecule has 6 nitrogen and oxygen atoms in total. The molecule has 5 rings (SSSR count). The maximum absolute atomic E-state index is 13.0. The molecule has 2 aliphatic heterocycles. The Hall–Kier alpha value is -2.90. The van der Waals surface area contributed by atoms with Gasteiger partial charge in [-0.1, -0.05) is 12.1 Å². The van der Waals surface area contributed by atoms with Crippen LogP contribution in [0, 0.1) is 0 Å². The van der Waals surface area contributed by atoms with Crippen molar-refractivity contribution in [2.75, 3.05) is 26.4 Å². The molecule has 2 aromatic heterocycles. The third kappa shape index (κ3) is 4.64. The van der Waals surface area contributed by atoms with Crippen LogP contribution in [0.1, 0.15) is 23.3 Å². The number of fused-ring (bicyclic) bond motifs is 1. The molecule has 0 radical (unpaired) electrons. The first-order valence-corrected chi connectivity index (χ1v) is 11.9. The summed E-state index contributed by atoms with van der Waals surface area (Å²) in [7, 11) is 0. The molecule has 7 heteroatoms.